The SMILES string of the molecule is CCOC(=O)N(c1ccccc1)C(C)CC(=O)OCC(C)C. The van der Waals surface area contributed by atoms with Gasteiger partial charge in [-0.1, -0.05) is 32.0 Å². The highest BCUT2D eigenvalue weighted by atomic mass is 16.6. The normalized spacial score (nSPS) is 11.9. The Labute approximate surface area is 132 Å². The lowest BCUT2D eigenvalue weighted by atomic mass is 10.2. The van der Waals surface area contributed by atoms with Gasteiger partial charge in [0.15, 0.2) is 0 Å². The zero-order chi connectivity index (χ0) is 16.5. The minimum absolute atomic E-state index is 0.125. The maximum atomic E-state index is 12.2. The van der Waals surface area contributed by atoms with Gasteiger partial charge in [0.25, 0.3) is 0 Å². The average Bonchev–Trinajstić information content (AvgIpc) is 2.46. The highest BCUT2D eigenvalue weighted by Gasteiger charge is 2.25. The Balaban J connectivity index is 2.78. The number of carbonyl (C=O) groups is 2. The molecule has 1 aromatic rings. The number of anilines is 1. The van der Waals surface area contributed by atoms with Gasteiger partial charge in [-0.15, -0.1) is 0 Å². The molecule has 1 aromatic carbocycles. The van der Waals surface area contributed by atoms with Crippen LogP contribution in [0.1, 0.15) is 34.1 Å². The standard InChI is InChI=1S/C17H25NO4/c1-5-21-17(20)18(15-9-7-6-8-10-15)14(4)11-16(19)22-12-13(2)3/h6-10,13-14H,5,11-12H2,1-4H3. The lowest BCUT2D eigenvalue weighted by Gasteiger charge is -2.28. The Bertz CT molecular complexity index is 473. The van der Waals surface area contributed by atoms with Crippen LogP contribution in [0.4, 0.5) is 10.5 Å². The maximum Gasteiger partial charge on any atom is 0.414 e. The fourth-order valence-corrected chi connectivity index (χ4v) is 1.97. The molecule has 0 aliphatic carbocycles. The van der Waals surface area contributed by atoms with Crippen molar-refractivity contribution in [2.24, 2.45) is 5.92 Å². The zero-order valence-corrected chi connectivity index (χ0v) is 13.7. The molecule has 0 aliphatic heterocycles. The summed E-state index contributed by atoms with van der Waals surface area (Å²) in [7, 11) is 0. The minimum Gasteiger partial charge on any atom is -0.465 e. The van der Waals surface area contributed by atoms with E-state index in [4.69, 9.17) is 9.47 Å². The van der Waals surface area contributed by atoms with Crippen LogP contribution in [-0.4, -0.2) is 31.3 Å². The third kappa shape index (κ3) is 5.76. The third-order valence-electron chi connectivity index (χ3n) is 2.98. The van der Waals surface area contributed by atoms with Gasteiger partial charge in [-0.3, -0.25) is 9.69 Å². The van der Waals surface area contributed by atoms with E-state index in [-0.39, 0.29) is 31.0 Å². The van der Waals surface area contributed by atoms with Crippen LogP contribution in [0.3, 0.4) is 0 Å². The molecule has 0 radical (unpaired) electrons. The predicted molar refractivity (Wildman–Crippen MR) is 85.8 cm³/mol. The van der Waals surface area contributed by atoms with E-state index in [0.717, 1.165) is 0 Å². The van der Waals surface area contributed by atoms with Crippen molar-refractivity contribution in [1.29, 1.82) is 0 Å². The molecule has 0 aromatic heterocycles. The van der Waals surface area contributed by atoms with Crippen LogP contribution in [-0.2, 0) is 14.3 Å². The van der Waals surface area contributed by atoms with Crippen LogP contribution in [0, 0.1) is 5.92 Å². The molecule has 0 spiro atoms. The fourth-order valence-electron chi connectivity index (χ4n) is 1.97. The number of para-hydroxylation sites is 1. The van der Waals surface area contributed by atoms with E-state index in [9.17, 15) is 9.59 Å². The van der Waals surface area contributed by atoms with Crippen molar-refractivity contribution in [2.45, 2.75) is 40.2 Å². The summed E-state index contributed by atoms with van der Waals surface area (Å²) in [5.41, 5.74) is 0.699. The number of nitrogens with zero attached hydrogens (tertiary/aromatic N) is 1. The first-order valence-electron chi connectivity index (χ1n) is 7.62. The van der Waals surface area contributed by atoms with E-state index in [1.807, 2.05) is 44.2 Å². The van der Waals surface area contributed by atoms with Crippen molar-refractivity contribution in [3.8, 4) is 0 Å². The summed E-state index contributed by atoms with van der Waals surface area (Å²) < 4.78 is 10.3. The van der Waals surface area contributed by atoms with Crippen LogP contribution in [0.25, 0.3) is 0 Å². The lowest BCUT2D eigenvalue weighted by Crippen LogP contribution is -2.40. The summed E-state index contributed by atoms with van der Waals surface area (Å²) in [6.45, 7) is 8.18. The molecule has 22 heavy (non-hydrogen) atoms. The molecule has 0 fully saturated rings. The number of benzene rings is 1. The summed E-state index contributed by atoms with van der Waals surface area (Å²) in [6, 6.07) is 8.83. The quantitative estimate of drug-likeness (QED) is 0.722. The van der Waals surface area contributed by atoms with E-state index in [0.29, 0.717) is 12.3 Å². The van der Waals surface area contributed by atoms with E-state index >= 15 is 0 Å². The first-order chi connectivity index (χ1) is 10.5. The van der Waals surface area contributed by atoms with Gasteiger partial charge in [0.05, 0.1) is 19.6 Å². The molecule has 0 N–H and O–H groups in total. The van der Waals surface area contributed by atoms with Gasteiger partial charge in [0.1, 0.15) is 0 Å². The number of hydrogen-bond donors (Lipinski definition) is 0. The molecule has 0 saturated carbocycles. The van der Waals surface area contributed by atoms with Crippen LogP contribution < -0.4 is 4.90 Å². The molecule has 1 unspecified atom stereocenters. The van der Waals surface area contributed by atoms with E-state index < -0.39 is 6.09 Å². The first kappa shape index (κ1) is 18.0. The summed E-state index contributed by atoms with van der Waals surface area (Å²) in [5.74, 6) is -0.0269. The first-order valence-corrected chi connectivity index (χ1v) is 7.62. The Kier molecular flexibility index (Phi) is 7.43. The second-order valence-corrected chi connectivity index (χ2v) is 5.53. The topological polar surface area (TPSA) is 55.8 Å². The van der Waals surface area contributed by atoms with Crippen molar-refractivity contribution < 1.29 is 19.1 Å². The number of hydrogen-bond acceptors (Lipinski definition) is 4. The van der Waals surface area contributed by atoms with Crippen LogP contribution in [0.5, 0.6) is 0 Å². The average molecular weight is 307 g/mol. The summed E-state index contributed by atoms with van der Waals surface area (Å²) in [4.78, 5) is 25.5. The van der Waals surface area contributed by atoms with Crippen molar-refractivity contribution in [2.75, 3.05) is 18.1 Å². The van der Waals surface area contributed by atoms with Gasteiger partial charge in [-0.05, 0) is 31.9 Å². The Morgan fingerprint density at radius 1 is 1.09 bits per heavy atom. The number of rotatable bonds is 7. The molecule has 5 heteroatoms. The van der Waals surface area contributed by atoms with Gasteiger partial charge < -0.3 is 9.47 Å². The van der Waals surface area contributed by atoms with Crippen molar-refractivity contribution in [1.82, 2.24) is 0 Å². The minimum atomic E-state index is -0.460. The third-order valence-corrected chi connectivity index (χ3v) is 2.98. The fraction of sp³-hybridized carbons (Fsp3) is 0.529. The molecular formula is C17H25NO4. The smallest absolute Gasteiger partial charge is 0.414 e. The van der Waals surface area contributed by atoms with Gasteiger partial charge in [0, 0.05) is 11.7 Å². The Morgan fingerprint density at radius 3 is 2.27 bits per heavy atom. The van der Waals surface area contributed by atoms with Gasteiger partial charge in [-0.2, -0.15) is 0 Å². The second-order valence-electron chi connectivity index (χ2n) is 5.53. The van der Waals surface area contributed by atoms with Crippen molar-refractivity contribution in [3.63, 3.8) is 0 Å². The molecule has 122 valence electrons. The highest BCUT2D eigenvalue weighted by Crippen LogP contribution is 2.20. The molecule has 1 amide bonds. The molecular weight excluding hydrogens is 282 g/mol. The molecule has 1 atom stereocenters. The van der Waals surface area contributed by atoms with Crippen molar-refractivity contribution in [3.05, 3.63) is 30.3 Å². The number of carbonyl (C=O) groups excluding carboxylic acids is 2. The highest BCUT2D eigenvalue weighted by molar-refractivity contribution is 5.89. The summed E-state index contributed by atoms with van der Waals surface area (Å²) in [6.07, 6.45) is -0.335. The molecule has 0 heterocycles. The van der Waals surface area contributed by atoms with Crippen LogP contribution in [0.2, 0.25) is 0 Å². The number of ether oxygens (including phenoxy) is 2. The van der Waals surface area contributed by atoms with Crippen LogP contribution in [0.15, 0.2) is 30.3 Å². The number of amides is 1. The monoisotopic (exact) mass is 307 g/mol. The molecule has 5 nitrogen and oxygen atoms in total. The maximum absolute atomic E-state index is 12.2. The Hall–Kier alpha value is -2.04. The number of esters is 1. The van der Waals surface area contributed by atoms with E-state index in [1.165, 1.54) is 4.90 Å². The van der Waals surface area contributed by atoms with Gasteiger partial charge in [-0.25, -0.2) is 4.79 Å². The molecule has 1 rings (SSSR count). The van der Waals surface area contributed by atoms with E-state index in [1.54, 1.807) is 13.8 Å². The Morgan fingerprint density at radius 2 is 1.73 bits per heavy atom. The van der Waals surface area contributed by atoms with E-state index in [2.05, 4.69) is 0 Å². The summed E-state index contributed by atoms with van der Waals surface area (Å²) in [5, 5.41) is 0. The summed E-state index contributed by atoms with van der Waals surface area (Å²) >= 11 is 0. The molecule has 0 saturated heterocycles. The largest absolute Gasteiger partial charge is 0.465 e. The van der Waals surface area contributed by atoms with Crippen molar-refractivity contribution >= 4 is 17.7 Å². The second kappa shape index (κ2) is 9.07. The molecule has 0 bridgehead atoms. The van der Waals surface area contributed by atoms with Gasteiger partial charge in [0.2, 0.25) is 0 Å². The van der Waals surface area contributed by atoms with Gasteiger partial charge >= 0.3 is 12.1 Å². The molecule has 0 aliphatic rings. The lowest BCUT2D eigenvalue weighted by molar-refractivity contribution is -0.145. The van der Waals surface area contributed by atoms with Crippen LogP contribution >= 0.6 is 0 Å². The zero-order valence-electron chi connectivity index (χ0n) is 13.7. The predicted octanol–water partition coefficient (Wildman–Crippen LogP) is 3.63.